The number of hydrogen-bond acceptors (Lipinski definition) is 10. The molecule has 6 rings (SSSR count). The number of esters is 4. The van der Waals surface area contributed by atoms with Gasteiger partial charge in [0, 0.05) is 47.8 Å². The van der Waals surface area contributed by atoms with Gasteiger partial charge in [-0.25, -0.2) is 28.7 Å². The molecule has 4 aromatic rings. The number of hydrogen-bond donors (Lipinski definition) is 0. The number of nitrogens with zero attached hydrogens (tertiary/aromatic N) is 2. The van der Waals surface area contributed by atoms with Crippen LogP contribution in [0.2, 0.25) is 0 Å². The van der Waals surface area contributed by atoms with Gasteiger partial charge < -0.3 is 18.9 Å². The van der Waals surface area contributed by atoms with Gasteiger partial charge in [0.05, 0.1) is 51.8 Å². The Balaban J connectivity index is 0.00000337. The van der Waals surface area contributed by atoms with Crippen molar-refractivity contribution in [3.63, 3.8) is 0 Å². The number of methoxy groups -OCH3 is 4. The van der Waals surface area contributed by atoms with Gasteiger partial charge in [-0.15, -0.1) is 0 Å². The number of aromatic nitrogens is 1. The summed E-state index contributed by atoms with van der Waals surface area (Å²) in [6, 6.07) is 29.5. The van der Waals surface area contributed by atoms with Crippen molar-refractivity contribution in [2.45, 2.75) is 39.8 Å². The molecule has 1 heterocycles. The van der Waals surface area contributed by atoms with E-state index in [0.29, 0.717) is 0 Å². The number of allylic oxidation sites excluding steroid dienone is 2. The van der Waals surface area contributed by atoms with E-state index in [1.807, 2.05) is 126 Å². The zero-order valence-electron chi connectivity index (χ0n) is 36.2. The predicted molar refractivity (Wildman–Crippen MR) is 226 cm³/mol. The van der Waals surface area contributed by atoms with Gasteiger partial charge >= 0.3 is 80.4 Å². The molecule has 0 fully saturated rings. The van der Waals surface area contributed by atoms with Crippen LogP contribution >= 0.6 is 14.7 Å². The monoisotopic (exact) mass is 1080 g/mol. The number of benzene rings is 3. The summed E-state index contributed by atoms with van der Waals surface area (Å²) in [4.78, 5) is 56.0. The van der Waals surface area contributed by atoms with Gasteiger partial charge in [0.1, 0.15) is 10.9 Å². The van der Waals surface area contributed by atoms with E-state index in [0.717, 1.165) is 27.1 Å². The summed E-state index contributed by atoms with van der Waals surface area (Å²) in [7, 11) is -0.209. The molecule has 0 amide bonds. The SMILES string of the molecule is COC(=O)C1=C(C(=O)OC)[C@@]2(C)C(C)=C(C)[C@]1(C)C2(C)p1nc(N=P(c2ccccc2)(c2ccccc2)c2ccccc2)c(C(=O)OC)c1C(=O)OC.[C-]#[O+].[C-]#[O+].[C-]#[O+].[C-]#[O+].[C-]#[O+].[W]. The van der Waals surface area contributed by atoms with Crippen molar-refractivity contribution in [1.29, 1.82) is 0 Å². The van der Waals surface area contributed by atoms with E-state index >= 15 is 0 Å². The van der Waals surface area contributed by atoms with Gasteiger partial charge in [0.25, 0.3) is 0 Å². The van der Waals surface area contributed by atoms with Crippen LogP contribution in [0.4, 0.5) is 5.82 Å². The minimum atomic E-state index is -3.03. The third-order valence-electron chi connectivity index (χ3n) is 11.7. The second-order valence-electron chi connectivity index (χ2n) is 13.5. The molecular formula is C46H42N2O13P2W. The van der Waals surface area contributed by atoms with Crippen LogP contribution in [0.1, 0.15) is 55.1 Å². The Bertz CT molecular complexity index is 2350. The average molecular weight is 1080 g/mol. The molecule has 64 heavy (non-hydrogen) atoms. The zero-order valence-corrected chi connectivity index (χ0v) is 40.9. The van der Waals surface area contributed by atoms with Crippen LogP contribution in [0.15, 0.2) is 118 Å². The van der Waals surface area contributed by atoms with Gasteiger partial charge in [-0.2, -0.15) is 0 Å². The normalized spacial score (nSPS) is 18.7. The van der Waals surface area contributed by atoms with Crippen molar-refractivity contribution in [2.75, 3.05) is 28.4 Å². The largest absolute Gasteiger partial charge is 0 e. The number of rotatable bonds is 9. The molecule has 330 valence electrons. The predicted octanol–water partition coefficient (Wildman–Crippen LogP) is 6.99. The van der Waals surface area contributed by atoms with Crippen molar-refractivity contribution < 1.29 is 82.5 Å². The molecule has 0 spiro atoms. The summed E-state index contributed by atoms with van der Waals surface area (Å²) in [5.74, 6) is -2.97. The van der Waals surface area contributed by atoms with E-state index in [-0.39, 0.29) is 48.9 Å². The Morgan fingerprint density at radius 2 is 0.844 bits per heavy atom. The molecule has 2 aliphatic carbocycles. The number of carbonyl (C=O) groups is 4. The Kier molecular flexibility index (Phi) is 23.3. The van der Waals surface area contributed by atoms with Crippen LogP contribution in [-0.2, 0) is 78.0 Å². The first-order chi connectivity index (χ1) is 30.3. The standard InChI is InChI=1S/C41H42N2O8P2.5CO.W/c1-25-26(2)40(4)32(37(46)50-8)31(36(45)49-7)39(25,3)41(40,5)52-33(38(47)51-9)30(35(44)48-6)34(42-52)43-53(27-19-13-10-14-20-27,28-21-15-11-16-22-28)29-23-17-12-18-24-29;5*1-2;/h10-24H,1-9H3;;;;;;/t39-,40+,41?,52?;;;;;;. The molecule has 3 aromatic carbocycles. The fourth-order valence-corrected chi connectivity index (χ4v) is 15.4. The maximum atomic E-state index is 14.2. The summed E-state index contributed by atoms with van der Waals surface area (Å²) in [5.41, 5.74) is -0.634. The summed E-state index contributed by atoms with van der Waals surface area (Å²) in [6.45, 7) is 32.0. The third-order valence-corrected chi connectivity index (χ3v) is 18.3. The van der Waals surface area contributed by atoms with Gasteiger partial charge in [-0.3, -0.25) is 0 Å². The van der Waals surface area contributed by atoms with Crippen molar-refractivity contribution >= 4 is 60.4 Å². The molecule has 0 saturated carbocycles. The Labute approximate surface area is 387 Å². The molecule has 2 bridgehead atoms. The van der Waals surface area contributed by atoms with E-state index < -0.39 is 54.6 Å². The van der Waals surface area contributed by atoms with Crippen LogP contribution in [0.5, 0.6) is 0 Å². The first-order valence-electron chi connectivity index (χ1n) is 18.0. The van der Waals surface area contributed by atoms with Gasteiger partial charge in [-0.05, 0) is 28.5 Å². The van der Waals surface area contributed by atoms with Crippen LogP contribution in [-0.4, -0.2) is 57.1 Å². The molecule has 0 N–H and O–H groups in total. The zero-order chi connectivity index (χ0) is 48.5. The van der Waals surface area contributed by atoms with E-state index in [1.165, 1.54) is 28.4 Å². The molecule has 0 saturated heterocycles. The minimum Gasteiger partial charge on any atom is 0 e. The van der Waals surface area contributed by atoms with E-state index in [2.05, 4.69) is 33.3 Å². The van der Waals surface area contributed by atoms with E-state index in [1.54, 1.807) is 0 Å². The van der Waals surface area contributed by atoms with Crippen molar-refractivity contribution in [2.24, 2.45) is 15.6 Å². The van der Waals surface area contributed by atoms with E-state index in [9.17, 15) is 19.2 Å². The van der Waals surface area contributed by atoms with Crippen molar-refractivity contribution in [3.8, 4) is 0 Å². The maximum absolute atomic E-state index is 14.2. The molecule has 2 unspecified atom stereocenters. The fraction of sp³-hybridized carbons (Fsp3) is 0.261. The summed E-state index contributed by atoms with van der Waals surface area (Å²) in [5, 5.41) is 1.44. The van der Waals surface area contributed by atoms with Gasteiger partial charge in [0.2, 0.25) is 0 Å². The number of carbonyl (C=O) groups excluding carboxylic acids is 4. The summed E-state index contributed by atoms with van der Waals surface area (Å²) < 4.78 is 69.9. The van der Waals surface area contributed by atoms with Crippen LogP contribution in [0.3, 0.4) is 0 Å². The third kappa shape index (κ3) is 9.15. The molecule has 2 aliphatic rings. The first-order valence-corrected chi connectivity index (χ1v) is 21.0. The molecule has 0 radical (unpaired) electrons. The summed E-state index contributed by atoms with van der Waals surface area (Å²) in [6.07, 6.45) is 0. The van der Waals surface area contributed by atoms with E-state index in [4.69, 9.17) is 51.7 Å². The second-order valence-corrected chi connectivity index (χ2v) is 18.7. The van der Waals surface area contributed by atoms with Crippen molar-refractivity contribution in [3.05, 3.63) is 157 Å². The number of ether oxygens (including phenoxy) is 4. The maximum Gasteiger partial charge on any atom is 0 e. The first kappa shape index (κ1) is 58.3. The van der Waals surface area contributed by atoms with Crippen molar-refractivity contribution in [1.82, 2.24) is 4.75 Å². The Hall–Kier alpha value is -5.65. The minimum absolute atomic E-state index is 0. The quantitative estimate of drug-likeness (QED) is 0.0419. The molecule has 1 aromatic heterocycles. The molecular weight excluding hydrogens is 1030 g/mol. The smallest absolute Gasteiger partial charge is 0 e. The van der Waals surface area contributed by atoms with Gasteiger partial charge in [-0.1, -0.05) is 116 Å². The topological polar surface area (TPSA) is 230 Å². The average Bonchev–Trinajstić information content (AvgIpc) is 3.85. The Morgan fingerprint density at radius 3 is 1.12 bits per heavy atom. The Morgan fingerprint density at radius 1 is 0.547 bits per heavy atom. The molecule has 18 heteroatoms. The second kappa shape index (κ2) is 25.6. The van der Waals surface area contributed by atoms with Crippen LogP contribution in [0.25, 0.3) is 0 Å². The van der Waals surface area contributed by atoms with Crippen LogP contribution < -0.4 is 15.9 Å². The fourth-order valence-electron chi connectivity index (χ4n) is 8.65. The molecule has 15 nitrogen and oxygen atoms in total. The molecule has 4 atom stereocenters. The number of fused-ring (bicyclic) bond motifs is 2. The molecule has 0 aliphatic heterocycles. The van der Waals surface area contributed by atoms with Crippen LogP contribution in [0, 0.1) is 44.1 Å². The van der Waals surface area contributed by atoms with Gasteiger partial charge in [0.15, 0.2) is 5.82 Å². The summed E-state index contributed by atoms with van der Waals surface area (Å²) >= 11 is 0.